The Kier molecular flexibility index (Phi) is 10.8. The van der Waals surface area contributed by atoms with Crippen molar-refractivity contribution in [3.63, 3.8) is 0 Å². The summed E-state index contributed by atoms with van der Waals surface area (Å²) in [6, 6.07) is 14.9. The Bertz CT molecular complexity index is 2400. The van der Waals surface area contributed by atoms with E-state index in [0.29, 0.717) is 37.3 Å². The number of rotatable bonds is 3. The first-order valence-electron chi connectivity index (χ1n) is 14.1. The number of ether oxygens (including phenoxy) is 2. The number of esters is 2. The number of nitrogens with two attached hydrogens (primary N) is 1. The van der Waals surface area contributed by atoms with Crippen LogP contribution in [0.15, 0.2) is 82.6 Å². The van der Waals surface area contributed by atoms with Gasteiger partial charge >= 0.3 is 11.9 Å². The van der Waals surface area contributed by atoms with Gasteiger partial charge in [-0.1, -0.05) is 37.0 Å². The molecule has 0 saturated carbocycles. The van der Waals surface area contributed by atoms with Gasteiger partial charge in [0.1, 0.15) is 17.2 Å². The minimum absolute atomic E-state index is 0.0167. The van der Waals surface area contributed by atoms with Crippen molar-refractivity contribution >= 4 is 89.9 Å². The summed E-state index contributed by atoms with van der Waals surface area (Å²) >= 11 is 12.0. The number of nitrogens with zero attached hydrogens (tertiary/aromatic N) is 3. The number of nitrogen functional groups attached to an aromatic ring is 1. The number of carbonyl (C=O) groups is 2. The van der Waals surface area contributed by atoms with Gasteiger partial charge in [0.15, 0.2) is 0 Å². The molecule has 48 heavy (non-hydrogen) atoms. The van der Waals surface area contributed by atoms with Crippen molar-refractivity contribution in [3.8, 4) is 0 Å². The lowest BCUT2D eigenvalue weighted by Crippen LogP contribution is -2.03. The van der Waals surface area contributed by atoms with E-state index in [1.165, 1.54) is 50.7 Å². The van der Waals surface area contributed by atoms with E-state index in [9.17, 15) is 29.3 Å². The first kappa shape index (κ1) is 35.1. The molecular formula is C34H26Cl2N4O8. The van der Waals surface area contributed by atoms with E-state index in [4.69, 9.17) is 38.4 Å². The van der Waals surface area contributed by atoms with Crippen molar-refractivity contribution in [2.45, 2.75) is 13.8 Å². The third-order valence-corrected chi connectivity index (χ3v) is 7.40. The predicted molar refractivity (Wildman–Crippen MR) is 186 cm³/mol. The Morgan fingerprint density at radius 2 is 1.15 bits per heavy atom. The maximum atomic E-state index is 12.7. The highest BCUT2D eigenvalue weighted by molar-refractivity contribution is 6.32. The van der Waals surface area contributed by atoms with Crippen LogP contribution in [0.2, 0.25) is 10.0 Å². The zero-order chi connectivity index (χ0) is 35.3. The van der Waals surface area contributed by atoms with Crippen LogP contribution >= 0.6 is 23.2 Å². The summed E-state index contributed by atoms with van der Waals surface area (Å²) in [6.07, 6.45) is 2.41. The minimum Gasteiger partial charge on any atom is -0.465 e. The molecule has 0 saturated heterocycles. The summed E-state index contributed by atoms with van der Waals surface area (Å²) in [6.45, 7) is 4.00. The van der Waals surface area contributed by atoms with Gasteiger partial charge in [0, 0.05) is 48.4 Å². The Morgan fingerprint density at radius 3 is 1.58 bits per heavy atom. The van der Waals surface area contributed by atoms with E-state index >= 15 is 0 Å². The van der Waals surface area contributed by atoms with Crippen molar-refractivity contribution in [2.24, 2.45) is 0 Å². The third-order valence-electron chi connectivity index (χ3n) is 6.93. The number of hydrogen-bond acceptors (Lipinski definition) is 11. The number of methoxy groups -OCH3 is 2. The van der Waals surface area contributed by atoms with Crippen LogP contribution in [0.5, 0.6) is 0 Å². The van der Waals surface area contributed by atoms with Crippen molar-refractivity contribution < 1.29 is 24.0 Å². The van der Waals surface area contributed by atoms with E-state index in [2.05, 4.69) is 9.97 Å². The maximum Gasteiger partial charge on any atom is 0.338 e. The molecule has 2 N–H and O–H groups in total. The second kappa shape index (κ2) is 14.8. The van der Waals surface area contributed by atoms with Crippen LogP contribution in [0.25, 0.3) is 43.4 Å². The Balaban J connectivity index is 0.000000207. The number of anilines is 1. The van der Waals surface area contributed by atoms with E-state index in [1.807, 2.05) is 13.8 Å². The molecule has 14 heteroatoms. The highest BCUT2D eigenvalue weighted by Gasteiger charge is 2.18. The molecule has 4 aromatic carbocycles. The maximum absolute atomic E-state index is 12.7. The zero-order valence-corrected chi connectivity index (χ0v) is 27.4. The summed E-state index contributed by atoms with van der Waals surface area (Å²) in [5.41, 5.74) is 5.64. The SMILES string of the molecule is CC.COC(=O)c1cc2cc(N)cnc2c(=O)c2ccc(Cl)cc12.COC(=O)c1cc2cc([N+](=O)[O-])cnc2c(=O)c2ccc(Cl)cc12. The molecule has 0 amide bonds. The number of nitro groups is 1. The average molecular weight is 690 g/mol. The van der Waals surface area contributed by atoms with Crippen LogP contribution in [0.4, 0.5) is 11.4 Å². The highest BCUT2D eigenvalue weighted by atomic mass is 35.5. The molecule has 0 atom stereocenters. The predicted octanol–water partition coefficient (Wildman–Crippen LogP) is 6.89. The van der Waals surface area contributed by atoms with E-state index in [1.54, 1.807) is 30.3 Å². The van der Waals surface area contributed by atoms with Gasteiger partial charge in [0.2, 0.25) is 10.9 Å². The van der Waals surface area contributed by atoms with Gasteiger partial charge in [-0.3, -0.25) is 19.7 Å². The minimum atomic E-state index is -0.689. The van der Waals surface area contributed by atoms with E-state index < -0.39 is 22.3 Å². The molecular weight excluding hydrogens is 663 g/mol. The van der Waals surface area contributed by atoms with Crippen molar-refractivity contribution in [2.75, 3.05) is 20.0 Å². The number of carbonyl (C=O) groups excluding carboxylic acids is 2. The lowest BCUT2D eigenvalue weighted by Gasteiger charge is -2.01. The molecule has 0 spiro atoms. The second-order valence-electron chi connectivity index (χ2n) is 9.73. The molecule has 244 valence electrons. The lowest BCUT2D eigenvalue weighted by atomic mass is 10.1. The standard InChI is InChI=1S/C16H9ClN2O5.C16H11ClN2O3.C2H6/c1-24-16(21)13-5-8-4-10(19(22)23)7-18-14(8)15(20)11-3-2-9(17)6-12(11)13;1-22-16(21)13-5-8-4-10(18)7-19-14(8)15(20)11-3-2-9(17)6-12(11)13;1-2/h2-7H,1H3;2-7H,18H2,1H3;1-2H3. The zero-order valence-electron chi connectivity index (χ0n) is 25.9. The number of benzene rings is 2. The molecule has 0 aliphatic heterocycles. The van der Waals surface area contributed by atoms with Crippen LogP contribution in [-0.4, -0.2) is 41.0 Å². The molecule has 6 aromatic rings. The van der Waals surface area contributed by atoms with Crippen LogP contribution in [-0.2, 0) is 9.47 Å². The first-order valence-corrected chi connectivity index (χ1v) is 14.9. The van der Waals surface area contributed by atoms with E-state index in [0.717, 1.165) is 6.20 Å². The average Bonchev–Trinajstić information content (AvgIpc) is 3.28. The summed E-state index contributed by atoms with van der Waals surface area (Å²) in [5, 5.41) is 13.6. The van der Waals surface area contributed by atoms with Crippen LogP contribution < -0.4 is 16.6 Å². The van der Waals surface area contributed by atoms with Gasteiger partial charge in [0.25, 0.3) is 5.69 Å². The van der Waals surface area contributed by atoms with Crippen LogP contribution in [0, 0.1) is 10.1 Å². The number of halogens is 2. The van der Waals surface area contributed by atoms with Gasteiger partial charge in [-0.2, -0.15) is 0 Å². The molecule has 0 aliphatic carbocycles. The summed E-state index contributed by atoms with van der Waals surface area (Å²) < 4.78 is 9.56. The van der Waals surface area contributed by atoms with Crippen molar-refractivity contribution in [3.05, 3.63) is 125 Å². The monoisotopic (exact) mass is 688 g/mol. The Labute approximate surface area is 281 Å². The number of fused-ring (bicyclic) bond motifs is 4. The highest BCUT2D eigenvalue weighted by Crippen LogP contribution is 2.26. The molecule has 0 fully saturated rings. The molecule has 12 nitrogen and oxygen atoms in total. The molecule has 6 rings (SSSR count). The van der Waals surface area contributed by atoms with Crippen LogP contribution in [0.1, 0.15) is 34.6 Å². The van der Waals surface area contributed by atoms with Crippen LogP contribution in [0.3, 0.4) is 0 Å². The molecule has 0 bridgehead atoms. The van der Waals surface area contributed by atoms with Gasteiger partial charge in [-0.15, -0.1) is 0 Å². The fraction of sp³-hybridized carbons (Fsp3) is 0.118. The number of pyridine rings is 2. The second-order valence-corrected chi connectivity index (χ2v) is 10.6. The fourth-order valence-electron chi connectivity index (χ4n) is 4.82. The summed E-state index contributed by atoms with van der Waals surface area (Å²) in [7, 11) is 2.48. The molecule has 0 unspecified atom stereocenters. The van der Waals surface area contributed by atoms with Gasteiger partial charge in [-0.25, -0.2) is 19.6 Å². The molecule has 2 heterocycles. The number of hydrogen-bond donors (Lipinski definition) is 1. The Hall–Kier alpha value is -5.72. The number of aromatic nitrogens is 2. The topological polar surface area (TPSA) is 182 Å². The Morgan fingerprint density at radius 1 is 0.708 bits per heavy atom. The third kappa shape index (κ3) is 6.99. The van der Waals surface area contributed by atoms with Gasteiger partial charge in [-0.05, 0) is 54.6 Å². The smallest absolute Gasteiger partial charge is 0.338 e. The van der Waals surface area contributed by atoms with E-state index in [-0.39, 0.29) is 44.0 Å². The summed E-state index contributed by atoms with van der Waals surface area (Å²) in [5.74, 6) is -1.25. The molecule has 2 aromatic heterocycles. The van der Waals surface area contributed by atoms with Crippen molar-refractivity contribution in [1.29, 1.82) is 0 Å². The van der Waals surface area contributed by atoms with Crippen molar-refractivity contribution in [1.82, 2.24) is 9.97 Å². The lowest BCUT2D eigenvalue weighted by molar-refractivity contribution is -0.385. The summed E-state index contributed by atoms with van der Waals surface area (Å²) in [4.78, 5) is 67.9. The normalized spacial score (nSPS) is 10.5. The first-order chi connectivity index (χ1) is 22.9. The van der Waals surface area contributed by atoms with Gasteiger partial charge in [0.05, 0.1) is 42.2 Å². The fourth-order valence-corrected chi connectivity index (χ4v) is 5.17. The molecule has 0 aliphatic rings. The molecule has 0 radical (unpaired) electrons. The quantitative estimate of drug-likeness (QED) is 0.116. The van der Waals surface area contributed by atoms with Gasteiger partial charge < -0.3 is 15.2 Å². The largest absolute Gasteiger partial charge is 0.465 e.